The second kappa shape index (κ2) is 10.5. The summed E-state index contributed by atoms with van der Waals surface area (Å²) < 4.78 is 34.5. The van der Waals surface area contributed by atoms with Gasteiger partial charge in [0.25, 0.3) is 5.91 Å². The number of esters is 1. The summed E-state index contributed by atoms with van der Waals surface area (Å²) in [6, 6.07) is 8.22. The number of ether oxygens (including phenoxy) is 1. The molecule has 1 aliphatic rings. The molecule has 3 atom stereocenters. The van der Waals surface area contributed by atoms with E-state index in [0.29, 0.717) is 24.4 Å². The van der Waals surface area contributed by atoms with Gasteiger partial charge in [-0.05, 0) is 50.5 Å². The van der Waals surface area contributed by atoms with Gasteiger partial charge in [0.05, 0.1) is 18.4 Å². The number of aromatic nitrogens is 4. The van der Waals surface area contributed by atoms with Crippen LogP contribution in [0.4, 0.5) is 14.7 Å². The maximum Gasteiger partial charge on any atom is 0.307 e. The summed E-state index contributed by atoms with van der Waals surface area (Å²) in [6.45, 7) is 4.36. The van der Waals surface area contributed by atoms with Crippen LogP contribution in [0.15, 0.2) is 36.4 Å². The monoisotopic (exact) mass is 537 g/mol. The van der Waals surface area contributed by atoms with Crippen molar-refractivity contribution in [2.24, 2.45) is 5.73 Å². The van der Waals surface area contributed by atoms with Gasteiger partial charge in [-0.3, -0.25) is 9.59 Å². The third kappa shape index (κ3) is 5.11. The number of nitrogens with zero attached hydrogens (tertiary/aromatic N) is 5. The number of carbonyl (C=O) groups excluding carboxylic acids is 2. The first-order valence-electron chi connectivity index (χ1n) is 12.8. The van der Waals surface area contributed by atoms with E-state index < -0.39 is 17.7 Å². The smallest absolute Gasteiger partial charge is 0.307 e. The summed E-state index contributed by atoms with van der Waals surface area (Å²) in [5.74, 6) is -1.98. The Morgan fingerprint density at radius 2 is 1.90 bits per heavy atom. The molecule has 4 N–H and O–H groups in total. The van der Waals surface area contributed by atoms with Crippen molar-refractivity contribution in [2.45, 2.75) is 51.1 Å². The van der Waals surface area contributed by atoms with Crippen LogP contribution in [0, 0.1) is 11.6 Å². The van der Waals surface area contributed by atoms with E-state index >= 15 is 0 Å². The SMILES string of the molecule is CCOC(=O)CC(N)c1ccc(C(=O)N2C[C@H](c3nc4c5cc(F)cc(F)c5nc(N)n4n3)CC[C@@H]2C)cc1. The molecule has 3 heterocycles. The highest BCUT2D eigenvalue weighted by molar-refractivity contribution is 5.95. The molecule has 2 aromatic carbocycles. The Morgan fingerprint density at radius 3 is 2.62 bits per heavy atom. The lowest BCUT2D eigenvalue weighted by molar-refractivity contribution is -0.143. The van der Waals surface area contributed by atoms with Crippen LogP contribution < -0.4 is 11.5 Å². The van der Waals surface area contributed by atoms with Gasteiger partial charge in [-0.1, -0.05) is 12.1 Å². The molecule has 1 amide bonds. The Morgan fingerprint density at radius 1 is 1.15 bits per heavy atom. The lowest BCUT2D eigenvalue weighted by Gasteiger charge is -2.37. The van der Waals surface area contributed by atoms with Crippen LogP contribution in [0.2, 0.25) is 0 Å². The van der Waals surface area contributed by atoms with Crippen LogP contribution in [0.5, 0.6) is 0 Å². The number of nitrogen functional groups attached to an aromatic ring is 1. The van der Waals surface area contributed by atoms with Crippen LogP contribution in [-0.2, 0) is 9.53 Å². The Hall–Kier alpha value is -4.19. The molecule has 12 heteroatoms. The number of piperidine rings is 1. The molecule has 1 unspecified atom stereocenters. The first kappa shape index (κ1) is 26.4. The molecule has 0 radical (unpaired) electrons. The maximum absolute atomic E-state index is 14.3. The number of rotatable bonds is 6. The van der Waals surface area contributed by atoms with Gasteiger partial charge in [-0.25, -0.2) is 18.7 Å². The van der Waals surface area contributed by atoms with E-state index in [1.807, 2.05) is 6.92 Å². The number of fused-ring (bicyclic) bond motifs is 3. The van der Waals surface area contributed by atoms with Crippen molar-refractivity contribution >= 4 is 34.4 Å². The number of hydrogen-bond acceptors (Lipinski definition) is 8. The zero-order valence-corrected chi connectivity index (χ0v) is 21.6. The van der Waals surface area contributed by atoms with Crippen LogP contribution >= 0.6 is 0 Å². The standard InChI is InChI=1S/C27H29F2N7O3/c1-3-39-22(37)12-21(30)15-6-8-16(9-7-15)26(38)35-13-17(5-4-14(35)2)24-33-25-19-10-18(28)11-20(29)23(19)32-27(31)36(25)34-24/h6-11,14,17,21H,3-5,12-13,30H2,1-2H3,(H2,31,32)/t14-,17+,21?/m0/s1. The van der Waals surface area contributed by atoms with E-state index in [9.17, 15) is 18.4 Å². The summed E-state index contributed by atoms with van der Waals surface area (Å²) >= 11 is 0. The molecule has 39 heavy (non-hydrogen) atoms. The van der Waals surface area contributed by atoms with Gasteiger partial charge in [0.15, 0.2) is 17.3 Å². The third-order valence-corrected chi connectivity index (χ3v) is 7.12. The van der Waals surface area contributed by atoms with Gasteiger partial charge in [-0.15, -0.1) is 5.10 Å². The fourth-order valence-corrected chi connectivity index (χ4v) is 5.00. The second-order valence-corrected chi connectivity index (χ2v) is 9.78. The second-order valence-electron chi connectivity index (χ2n) is 9.78. The van der Waals surface area contributed by atoms with E-state index in [2.05, 4.69) is 15.1 Å². The predicted molar refractivity (Wildman–Crippen MR) is 140 cm³/mol. The average Bonchev–Trinajstić information content (AvgIpc) is 3.36. The number of amides is 1. The third-order valence-electron chi connectivity index (χ3n) is 7.12. The van der Waals surface area contributed by atoms with Crippen LogP contribution in [0.3, 0.4) is 0 Å². The molecule has 1 fully saturated rings. The maximum atomic E-state index is 14.3. The minimum atomic E-state index is -0.833. The Labute approximate surface area is 222 Å². The minimum Gasteiger partial charge on any atom is -0.466 e. The largest absolute Gasteiger partial charge is 0.466 e. The number of hydrogen-bond donors (Lipinski definition) is 2. The highest BCUT2D eigenvalue weighted by atomic mass is 19.1. The lowest BCUT2D eigenvalue weighted by Crippen LogP contribution is -2.45. The number of anilines is 1. The molecule has 2 aromatic heterocycles. The average molecular weight is 538 g/mol. The Kier molecular flexibility index (Phi) is 7.13. The number of nitrogens with two attached hydrogens (primary N) is 2. The highest BCUT2D eigenvalue weighted by Gasteiger charge is 2.33. The van der Waals surface area contributed by atoms with Gasteiger partial charge < -0.3 is 21.1 Å². The van der Waals surface area contributed by atoms with Gasteiger partial charge >= 0.3 is 5.97 Å². The van der Waals surface area contributed by atoms with Crippen molar-refractivity contribution in [3.8, 4) is 0 Å². The fourth-order valence-electron chi connectivity index (χ4n) is 5.00. The summed E-state index contributed by atoms with van der Waals surface area (Å²) in [6.07, 6.45) is 1.48. The van der Waals surface area contributed by atoms with Crippen LogP contribution in [-0.4, -0.2) is 55.6 Å². The molecular formula is C27H29F2N7O3. The van der Waals surface area contributed by atoms with E-state index in [0.717, 1.165) is 24.1 Å². The van der Waals surface area contributed by atoms with Crippen LogP contribution in [0.1, 0.15) is 66.8 Å². The minimum absolute atomic E-state index is 0.0210. The molecule has 0 saturated carbocycles. The zero-order chi connectivity index (χ0) is 27.8. The number of likely N-dealkylation sites (tertiary alicyclic amines) is 1. The molecule has 0 spiro atoms. The molecule has 10 nitrogen and oxygen atoms in total. The summed E-state index contributed by atoms with van der Waals surface area (Å²) in [7, 11) is 0. The molecule has 204 valence electrons. The van der Waals surface area contributed by atoms with Gasteiger partial charge in [0.2, 0.25) is 5.95 Å². The summed E-state index contributed by atoms with van der Waals surface area (Å²) in [5, 5.41) is 4.65. The van der Waals surface area contributed by atoms with Crippen molar-refractivity contribution in [1.82, 2.24) is 24.5 Å². The first-order valence-corrected chi connectivity index (χ1v) is 12.8. The number of benzene rings is 2. The number of carbonyl (C=O) groups is 2. The zero-order valence-electron chi connectivity index (χ0n) is 21.6. The quantitative estimate of drug-likeness (QED) is 0.356. The van der Waals surface area contributed by atoms with Gasteiger partial charge in [0, 0.05) is 36.2 Å². The van der Waals surface area contributed by atoms with Crippen molar-refractivity contribution in [2.75, 3.05) is 18.9 Å². The molecule has 0 aliphatic carbocycles. The van der Waals surface area contributed by atoms with E-state index in [-0.39, 0.29) is 59.4 Å². The van der Waals surface area contributed by atoms with Crippen LogP contribution in [0.25, 0.3) is 16.6 Å². The molecule has 5 rings (SSSR count). The summed E-state index contributed by atoms with van der Waals surface area (Å²) in [5.41, 5.74) is 13.5. The molecular weight excluding hydrogens is 508 g/mol. The number of halogens is 2. The predicted octanol–water partition coefficient (Wildman–Crippen LogP) is 3.50. The van der Waals surface area contributed by atoms with E-state index in [4.69, 9.17) is 16.2 Å². The van der Waals surface area contributed by atoms with E-state index in [1.165, 1.54) is 4.52 Å². The topological polar surface area (TPSA) is 142 Å². The molecule has 4 aromatic rings. The van der Waals surface area contributed by atoms with Gasteiger partial charge in [0.1, 0.15) is 11.3 Å². The van der Waals surface area contributed by atoms with Crippen molar-refractivity contribution < 1.29 is 23.1 Å². The molecule has 0 bridgehead atoms. The first-order chi connectivity index (χ1) is 18.7. The summed E-state index contributed by atoms with van der Waals surface area (Å²) in [4.78, 5) is 35.6. The van der Waals surface area contributed by atoms with Crippen molar-refractivity contribution in [3.05, 3.63) is 65.0 Å². The van der Waals surface area contributed by atoms with Gasteiger partial charge in [-0.2, -0.15) is 4.52 Å². The highest BCUT2D eigenvalue weighted by Crippen LogP contribution is 2.32. The molecule has 1 saturated heterocycles. The Bertz CT molecular complexity index is 1560. The molecule has 1 aliphatic heterocycles. The fraction of sp³-hybridized carbons (Fsp3) is 0.370. The van der Waals surface area contributed by atoms with E-state index in [1.54, 1.807) is 36.1 Å². The van der Waals surface area contributed by atoms with Crippen molar-refractivity contribution in [3.63, 3.8) is 0 Å². The Balaban J connectivity index is 1.37. The van der Waals surface area contributed by atoms with Crippen molar-refractivity contribution in [1.29, 1.82) is 0 Å². The normalized spacial score (nSPS) is 18.4. The lowest BCUT2D eigenvalue weighted by atomic mass is 9.92.